The Morgan fingerprint density at radius 3 is 2.62 bits per heavy atom. The number of carbonyl (C=O) groups excluding carboxylic acids is 2. The van der Waals surface area contributed by atoms with Crippen molar-refractivity contribution in [2.75, 3.05) is 18.5 Å². The van der Waals surface area contributed by atoms with Crippen molar-refractivity contribution in [3.63, 3.8) is 0 Å². The summed E-state index contributed by atoms with van der Waals surface area (Å²) in [6.07, 6.45) is -5.69. The molecule has 1 saturated heterocycles. The Kier molecular flexibility index (Phi) is 6.80. The summed E-state index contributed by atoms with van der Waals surface area (Å²) in [5.74, 6) is -1.04. The Bertz CT molecular complexity index is 1140. The monoisotopic (exact) mass is 563 g/mol. The van der Waals surface area contributed by atoms with Crippen LogP contribution in [0.25, 0.3) is 0 Å². The van der Waals surface area contributed by atoms with Gasteiger partial charge in [0.25, 0.3) is 5.91 Å². The molecule has 12 heteroatoms. The van der Waals surface area contributed by atoms with Crippen LogP contribution in [0.1, 0.15) is 46.8 Å². The average Bonchev–Trinajstić information content (AvgIpc) is 3.05. The van der Waals surface area contributed by atoms with Gasteiger partial charge >= 0.3 is 12.2 Å². The number of hydrogen-bond acceptors (Lipinski definition) is 3. The number of ether oxygens (including phenoxy) is 1. The summed E-state index contributed by atoms with van der Waals surface area (Å²) >= 11 is 9.52. The Hall–Kier alpha value is -2.37. The molecule has 1 unspecified atom stereocenters. The van der Waals surface area contributed by atoms with Crippen molar-refractivity contribution < 1.29 is 31.9 Å². The van der Waals surface area contributed by atoms with Crippen molar-refractivity contribution in [2.45, 2.75) is 37.0 Å². The molecule has 0 saturated carbocycles. The molecule has 2 aromatic carbocycles. The smallest absolute Gasteiger partial charge is 0.381 e. The summed E-state index contributed by atoms with van der Waals surface area (Å²) in [6, 6.07) is 5.00. The number of urea groups is 1. The second kappa shape index (κ2) is 9.35. The number of nitrogens with one attached hydrogen (secondary N) is 3. The number of carbonyl (C=O) groups is 2. The van der Waals surface area contributed by atoms with Crippen LogP contribution in [0.5, 0.6) is 0 Å². The van der Waals surface area contributed by atoms with Crippen LogP contribution in [0.3, 0.4) is 0 Å². The molecule has 1 atom stereocenters. The number of hydrogen-bond donors (Lipinski definition) is 3. The Balaban J connectivity index is 1.67. The van der Waals surface area contributed by atoms with Crippen LogP contribution in [-0.2, 0) is 4.74 Å². The van der Waals surface area contributed by atoms with Crippen molar-refractivity contribution >= 4 is 45.2 Å². The van der Waals surface area contributed by atoms with E-state index in [4.69, 9.17) is 16.3 Å². The second-order valence-corrected chi connectivity index (χ2v) is 9.57. The molecular weight excluding hydrogens is 546 g/mol. The number of halogens is 6. The standard InChI is InChI=1S/C22H19BrClF4N3O3/c23-11-7-14-17(18(30-19(14)32)13-9-12(25)1-2-15(13)24)16(8-11)29-20(33)31-21(10-22(26,27)28)3-5-34-6-4-21/h1-2,7-9,18H,3-6,10H2,(H,30,32)(H2,29,31,33). The zero-order chi connectivity index (χ0) is 24.7. The lowest BCUT2D eigenvalue weighted by molar-refractivity contribution is -0.156. The highest BCUT2D eigenvalue weighted by Crippen LogP contribution is 2.41. The van der Waals surface area contributed by atoms with Crippen LogP contribution >= 0.6 is 27.5 Å². The molecule has 2 aromatic rings. The van der Waals surface area contributed by atoms with Gasteiger partial charge in [-0.15, -0.1) is 0 Å². The normalized spacial score (nSPS) is 19.4. The lowest BCUT2D eigenvalue weighted by Crippen LogP contribution is -2.55. The minimum atomic E-state index is -4.49. The molecule has 3 amide bonds. The molecule has 3 N–H and O–H groups in total. The molecule has 6 nitrogen and oxygen atoms in total. The van der Waals surface area contributed by atoms with Gasteiger partial charge in [0.05, 0.1) is 18.0 Å². The average molecular weight is 565 g/mol. The third-order valence-electron chi connectivity index (χ3n) is 5.84. The highest BCUT2D eigenvalue weighted by Gasteiger charge is 2.44. The van der Waals surface area contributed by atoms with Crippen molar-refractivity contribution in [2.24, 2.45) is 0 Å². The molecule has 4 rings (SSSR count). The van der Waals surface area contributed by atoms with Crippen molar-refractivity contribution in [1.82, 2.24) is 10.6 Å². The van der Waals surface area contributed by atoms with Gasteiger partial charge in [-0.1, -0.05) is 27.5 Å². The fraction of sp³-hybridized carbons (Fsp3) is 0.364. The van der Waals surface area contributed by atoms with E-state index in [0.29, 0.717) is 10.0 Å². The number of amides is 3. The zero-order valence-corrected chi connectivity index (χ0v) is 19.8. The number of anilines is 1. The maximum atomic E-state index is 13.9. The zero-order valence-electron chi connectivity index (χ0n) is 17.5. The van der Waals surface area contributed by atoms with Crippen LogP contribution in [0, 0.1) is 5.82 Å². The highest BCUT2D eigenvalue weighted by atomic mass is 79.9. The largest absolute Gasteiger partial charge is 0.391 e. The fourth-order valence-electron chi connectivity index (χ4n) is 4.36. The first kappa shape index (κ1) is 24.7. The first-order valence-electron chi connectivity index (χ1n) is 10.3. The third kappa shape index (κ3) is 5.31. The molecule has 182 valence electrons. The third-order valence-corrected chi connectivity index (χ3v) is 6.64. The molecule has 0 spiro atoms. The van der Waals surface area contributed by atoms with Gasteiger partial charge in [0, 0.05) is 45.1 Å². The first-order valence-corrected chi connectivity index (χ1v) is 11.5. The predicted octanol–water partition coefficient (Wildman–Crippen LogP) is 5.70. The number of rotatable bonds is 4. The summed E-state index contributed by atoms with van der Waals surface area (Å²) in [5, 5.41) is 7.97. The van der Waals surface area contributed by atoms with Crippen molar-refractivity contribution in [1.29, 1.82) is 0 Å². The molecule has 0 aliphatic carbocycles. The minimum absolute atomic E-state index is 0.00190. The van der Waals surface area contributed by atoms with Gasteiger partial charge in [-0.05, 0) is 43.2 Å². The van der Waals surface area contributed by atoms with Crippen LogP contribution in [-0.4, -0.2) is 36.9 Å². The fourth-order valence-corrected chi connectivity index (χ4v) is 5.04. The molecule has 34 heavy (non-hydrogen) atoms. The summed E-state index contributed by atoms with van der Waals surface area (Å²) < 4.78 is 59.3. The summed E-state index contributed by atoms with van der Waals surface area (Å²) in [4.78, 5) is 25.5. The predicted molar refractivity (Wildman–Crippen MR) is 120 cm³/mol. The van der Waals surface area contributed by atoms with Gasteiger partial charge in [0.15, 0.2) is 0 Å². The van der Waals surface area contributed by atoms with Gasteiger partial charge in [-0.25, -0.2) is 9.18 Å². The van der Waals surface area contributed by atoms with Gasteiger partial charge in [0.1, 0.15) is 5.82 Å². The van der Waals surface area contributed by atoms with E-state index < -0.39 is 41.9 Å². The Labute approximate surface area is 205 Å². The van der Waals surface area contributed by atoms with Gasteiger partial charge in [-0.3, -0.25) is 4.79 Å². The topological polar surface area (TPSA) is 79.5 Å². The summed E-state index contributed by atoms with van der Waals surface area (Å²) in [6.45, 7) is 0.169. The van der Waals surface area contributed by atoms with E-state index in [9.17, 15) is 27.2 Å². The number of benzene rings is 2. The summed E-state index contributed by atoms with van der Waals surface area (Å²) in [5.41, 5.74) is -0.536. The molecule has 1 fully saturated rings. The molecule has 0 aromatic heterocycles. The van der Waals surface area contributed by atoms with E-state index in [1.54, 1.807) is 0 Å². The Morgan fingerprint density at radius 2 is 1.94 bits per heavy atom. The quantitative estimate of drug-likeness (QED) is 0.417. The van der Waals surface area contributed by atoms with Crippen LogP contribution in [0.15, 0.2) is 34.8 Å². The van der Waals surface area contributed by atoms with E-state index in [1.807, 2.05) is 0 Å². The van der Waals surface area contributed by atoms with Gasteiger partial charge in [0.2, 0.25) is 0 Å². The molecule has 0 bridgehead atoms. The SMILES string of the molecule is O=C(Nc1cc(Br)cc2c1C(c1cc(F)ccc1Cl)NC2=O)NC1(CC(F)(F)F)CCOCC1. The maximum Gasteiger partial charge on any atom is 0.391 e. The maximum absolute atomic E-state index is 13.9. The van der Waals surface area contributed by atoms with Gasteiger partial charge in [-0.2, -0.15) is 13.2 Å². The minimum Gasteiger partial charge on any atom is -0.381 e. The van der Waals surface area contributed by atoms with E-state index >= 15 is 0 Å². The first-order chi connectivity index (χ1) is 16.0. The van der Waals surface area contributed by atoms with Crippen LogP contribution in [0.4, 0.5) is 28.0 Å². The van der Waals surface area contributed by atoms with E-state index in [-0.39, 0.29) is 47.9 Å². The van der Waals surface area contributed by atoms with Crippen molar-refractivity contribution in [3.8, 4) is 0 Å². The lowest BCUT2D eigenvalue weighted by atomic mass is 9.86. The molecule has 2 heterocycles. The molecule has 2 aliphatic rings. The Morgan fingerprint density at radius 1 is 1.24 bits per heavy atom. The second-order valence-electron chi connectivity index (χ2n) is 8.25. The van der Waals surface area contributed by atoms with Crippen LogP contribution in [0.2, 0.25) is 5.02 Å². The molecule has 0 radical (unpaired) electrons. The molecular formula is C22H19BrClF4N3O3. The van der Waals surface area contributed by atoms with Crippen molar-refractivity contribution in [3.05, 3.63) is 62.3 Å². The number of alkyl halides is 3. The highest BCUT2D eigenvalue weighted by molar-refractivity contribution is 9.10. The van der Waals surface area contributed by atoms with E-state index in [0.717, 1.165) is 0 Å². The van der Waals surface area contributed by atoms with E-state index in [2.05, 4.69) is 31.9 Å². The van der Waals surface area contributed by atoms with E-state index in [1.165, 1.54) is 30.3 Å². The lowest BCUT2D eigenvalue weighted by Gasteiger charge is -2.38. The van der Waals surface area contributed by atoms with Crippen LogP contribution < -0.4 is 16.0 Å². The van der Waals surface area contributed by atoms with Gasteiger partial charge < -0.3 is 20.7 Å². The number of fused-ring (bicyclic) bond motifs is 1. The summed E-state index contributed by atoms with van der Waals surface area (Å²) in [7, 11) is 0. The molecule has 2 aliphatic heterocycles.